The fraction of sp³-hybridized carbons (Fsp3) is 0.217. The van der Waals surface area contributed by atoms with Gasteiger partial charge in [-0.15, -0.1) is 8.78 Å². The SMILES string of the molecule is CC(F)[C@H](C)n1cnc2cc(C(=O)Nc3ccc(OC(F)(F)Cl)cc3)cc(-c3cncnc3)c21. The Hall–Kier alpha value is -3.66. The number of aromatic nitrogens is 4. The first kappa shape index (κ1) is 23.5. The number of fused-ring (bicyclic) bond motifs is 1. The number of anilines is 1. The molecule has 0 radical (unpaired) electrons. The van der Waals surface area contributed by atoms with Crippen LogP contribution in [-0.4, -0.2) is 37.2 Å². The van der Waals surface area contributed by atoms with E-state index < -0.39 is 23.7 Å². The molecule has 1 N–H and O–H groups in total. The van der Waals surface area contributed by atoms with Gasteiger partial charge in [-0.1, -0.05) is 0 Å². The van der Waals surface area contributed by atoms with Crippen LogP contribution >= 0.6 is 11.6 Å². The maximum atomic E-state index is 14.1. The number of carbonyl (C=O) groups is 1. The zero-order valence-electron chi connectivity index (χ0n) is 18.0. The lowest BCUT2D eigenvalue weighted by Crippen LogP contribution is -2.16. The smallest absolute Gasteiger partial charge is 0.420 e. The lowest BCUT2D eigenvalue weighted by atomic mass is 10.0. The molecule has 176 valence electrons. The fourth-order valence-corrected chi connectivity index (χ4v) is 3.52. The van der Waals surface area contributed by atoms with Gasteiger partial charge in [-0.3, -0.25) is 4.79 Å². The van der Waals surface area contributed by atoms with E-state index in [0.29, 0.717) is 27.8 Å². The monoisotopic (exact) mass is 489 g/mol. The number of halogens is 4. The summed E-state index contributed by atoms with van der Waals surface area (Å²) in [6, 6.07) is 8.06. The molecule has 0 bridgehead atoms. The van der Waals surface area contributed by atoms with Crippen molar-refractivity contribution in [3.63, 3.8) is 0 Å². The Bertz CT molecular complexity index is 1310. The molecule has 0 aliphatic carbocycles. The predicted octanol–water partition coefficient (Wildman–Crippen LogP) is 5.83. The standard InChI is InChI=1S/C23H19ClF3N5O2/c1-13(25)14(2)32-12-30-20-8-15(7-19(21(20)32)16-9-28-11-29-10-16)22(33)31-17-3-5-18(6-4-17)34-23(24,26)27/h3-14H,1-2H3,(H,31,33)/t13?,14-/m0/s1. The average molecular weight is 490 g/mol. The van der Waals surface area contributed by atoms with Crippen LogP contribution in [0.4, 0.5) is 18.9 Å². The van der Waals surface area contributed by atoms with Gasteiger partial charge in [-0.05, 0) is 50.2 Å². The molecule has 0 fully saturated rings. The molecule has 2 aromatic heterocycles. The number of hydrogen-bond acceptors (Lipinski definition) is 5. The van der Waals surface area contributed by atoms with Crippen LogP contribution in [0, 0.1) is 0 Å². The first-order valence-electron chi connectivity index (χ1n) is 10.2. The van der Waals surface area contributed by atoms with Gasteiger partial charge in [0.05, 0.1) is 23.4 Å². The second kappa shape index (κ2) is 9.30. The second-order valence-electron chi connectivity index (χ2n) is 7.61. The van der Waals surface area contributed by atoms with Crippen molar-refractivity contribution in [2.75, 3.05) is 5.32 Å². The van der Waals surface area contributed by atoms with Crippen LogP contribution in [0.25, 0.3) is 22.2 Å². The van der Waals surface area contributed by atoms with Crippen molar-refractivity contribution in [1.82, 2.24) is 19.5 Å². The Kier molecular flexibility index (Phi) is 6.43. The molecule has 2 atom stereocenters. The van der Waals surface area contributed by atoms with E-state index in [-0.39, 0.29) is 11.3 Å². The number of nitrogens with zero attached hydrogens (tertiary/aromatic N) is 4. The Morgan fingerprint density at radius 2 is 1.82 bits per heavy atom. The van der Waals surface area contributed by atoms with E-state index in [2.05, 4.69) is 25.0 Å². The topological polar surface area (TPSA) is 81.9 Å². The summed E-state index contributed by atoms with van der Waals surface area (Å²) in [6.45, 7) is 3.21. The number of carbonyl (C=O) groups excluding carboxylic acids is 1. The number of amides is 1. The highest BCUT2D eigenvalue weighted by Crippen LogP contribution is 2.32. The van der Waals surface area contributed by atoms with Gasteiger partial charge in [-0.25, -0.2) is 19.3 Å². The van der Waals surface area contributed by atoms with Crippen LogP contribution in [0.15, 0.2) is 61.4 Å². The number of nitrogens with one attached hydrogen (secondary N) is 1. The minimum atomic E-state index is -3.83. The molecule has 4 rings (SSSR count). The third kappa shape index (κ3) is 5.12. The molecule has 0 saturated heterocycles. The van der Waals surface area contributed by atoms with Gasteiger partial charge in [-0.2, -0.15) is 0 Å². The zero-order chi connectivity index (χ0) is 24.5. The summed E-state index contributed by atoms with van der Waals surface area (Å²) in [5.74, 6) is -0.620. The van der Waals surface area contributed by atoms with Crippen LogP contribution in [0.1, 0.15) is 30.2 Å². The summed E-state index contributed by atoms with van der Waals surface area (Å²) in [6.07, 6.45) is 4.97. The molecular weight excluding hydrogens is 471 g/mol. The molecule has 7 nitrogen and oxygen atoms in total. The molecular formula is C23H19ClF3N5O2. The number of imidazole rings is 1. The summed E-state index contributed by atoms with van der Waals surface area (Å²) < 4.78 is 45.6. The number of ether oxygens (including phenoxy) is 1. The third-order valence-corrected chi connectivity index (χ3v) is 5.33. The van der Waals surface area contributed by atoms with Gasteiger partial charge in [0, 0.05) is 46.4 Å². The molecule has 2 heterocycles. The highest BCUT2D eigenvalue weighted by atomic mass is 35.5. The lowest BCUT2D eigenvalue weighted by molar-refractivity contribution is -0.0964. The summed E-state index contributed by atoms with van der Waals surface area (Å²) in [5.41, 5.74) is -0.819. The minimum absolute atomic E-state index is 0.160. The maximum Gasteiger partial charge on any atom is 0.487 e. The van der Waals surface area contributed by atoms with Crippen molar-refractivity contribution in [3.8, 4) is 16.9 Å². The van der Waals surface area contributed by atoms with E-state index in [1.165, 1.54) is 43.8 Å². The van der Waals surface area contributed by atoms with Crippen LogP contribution in [0.2, 0.25) is 0 Å². The minimum Gasteiger partial charge on any atom is -0.420 e. The second-order valence-corrected chi connectivity index (χ2v) is 8.05. The van der Waals surface area contributed by atoms with E-state index in [9.17, 15) is 18.0 Å². The zero-order valence-corrected chi connectivity index (χ0v) is 18.8. The Morgan fingerprint density at radius 3 is 2.44 bits per heavy atom. The van der Waals surface area contributed by atoms with Gasteiger partial charge >= 0.3 is 5.57 Å². The quantitative estimate of drug-likeness (QED) is 0.330. The number of rotatable bonds is 7. The molecule has 34 heavy (non-hydrogen) atoms. The summed E-state index contributed by atoms with van der Waals surface area (Å²) >= 11 is 4.76. The van der Waals surface area contributed by atoms with E-state index in [0.717, 1.165) is 0 Å². The van der Waals surface area contributed by atoms with Crippen LogP contribution < -0.4 is 10.1 Å². The molecule has 1 unspecified atom stereocenters. The molecule has 1 amide bonds. The van der Waals surface area contributed by atoms with Crippen LogP contribution in [-0.2, 0) is 0 Å². The molecule has 11 heteroatoms. The first-order chi connectivity index (χ1) is 16.1. The fourth-order valence-electron chi connectivity index (χ4n) is 3.43. The van der Waals surface area contributed by atoms with Gasteiger partial charge in [0.2, 0.25) is 0 Å². The number of alkyl halides is 4. The molecule has 2 aromatic carbocycles. The predicted molar refractivity (Wildman–Crippen MR) is 122 cm³/mol. The van der Waals surface area contributed by atoms with Crippen LogP contribution in [0.5, 0.6) is 5.75 Å². The largest absolute Gasteiger partial charge is 0.487 e. The number of benzene rings is 2. The molecule has 0 saturated carbocycles. The number of hydrogen-bond donors (Lipinski definition) is 1. The van der Waals surface area contributed by atoms with Crippen molar-refractivity contribution < 1.29 is 22.7 Å². The molecule has 0 aliphatic heterocycles. The van der Waals surface area contributed by atoms with Gasteiger partial charge in [0.25, 0.3) is 5.91 Å². The normalized spacial score (nSPS) is 13.5. The van der Waals surface area contributed by atoms with E-state index in [1.54, 1.807) is 36.0 Å². The van der Waals surface area contributed by atoms with Crippen molar-refractivity contribution in [3.05, 3.63) is 67.0 Å². The van der Waals surface area contributed by atoms with Gasteiger partial charge in [0.15, 0.2) is 0 Å². The first-order valence-corrected chi connectivity index (χ1v) is 10.6. The Morgan fingerprint density at radius 1 is 1.15 bits per heavy atom. The van der Waals surface area contributed by atoms with Crippen molar-refractivity contribution in [1.29, 1.82) is 0 Å². The molecule has 4 aromatic rings. The van der Waals surface area contributed by atoms with Crippen molar-refractivity contribution in [2.24, 2.45) is 0 Å². The molecule has 0 aliphatic rings. The Balaban J connectivity index is 1.70. The molecule has 0 spiro atoms. The summed E-state index contributed by atoms with van der Waals surface area (Å²) in [5, 5.41) is 2.70. The van der Waals surface area contributed by atoms with Crippen molar-refractivity contribution >= 4 is 34.2 Å². The lowest BCUT2D eigenvalue weighted by Gasteiger charge is -2.18. The van der Waals surface area contributed by atoms with E-state index in [1.807, 2.05) is 0 Å². The Labute approximate surface area is 197 Å². The van der Waals surface area contributed by atoms with E-state index in [4.69, 9.17) is 11.6 Å². The summed E-state index contributed by atoms with van der Waals surface area (Å²) in [7, 11) is 0. The van der Waals surface area contributed by atoms with Gasteiger partial charge in [0.1, 0.15) is 18.2 Å². The highest BCUT2D eigenvalue weighted by molar-refractivity contribution is 6.20. The summed E-state index contributed by atoms with van der Waals surface area (Å²) in [4.78, 5) is 25.5. The van der Waals surface area contributed by atoms with E-state index >= 15 is 0 Å². The third-order valence-electron chi connectivity index (χ3n) is 5.25. The van der Waals surface area contributed by atoms with Crippen molar-refractivity contribution in [2.45, 2.75) is 31.6 Å². The van der Waals surface area contributed by atoms with Crippen LogP contribution in [0.3, 0.4) is 0 Å². The average Bonchev–Trinajstić information content (AvgIpc) is 3.22. The van der Waals surface area contributed by atoms with Gasteiger partial charge < -0.3 is 14.6 Å². The highest BCUT2D eigenvalue weighted by Gasteiger charge is 2.27. The maximum absolute atomic E-state index is 14.1.